The second-order valence-electron chi connectivity index (χ2n) is 2.61. The Bertz CT molecular complexity index is 270. The minimum atomic E-state index is -0.0869. The van der Waals surface area contributed by atoms with E-state index in [0.717, 1.165) is 12.0 Å². The van der Waals surface area contributed by atoms with Crippen molar-refractivity contribution in [1.82, 2.24) is 4.98 Å². The summed E-state index contributed by atoms with van der Waals surface area (Å²) in [7, 11) is 0. The predicted octanol–water partition coefficient (Wildman–Crippen LogP) is 1.24. The number of anilines is 1. The quantitative estimate of drug-likeness (QED) is 0.659. The molecular weight excluding hydrogens is 150 g/mol. The van der Waals surface area contributed by atoms with Gasteiger partial charge in [0.2, 0.25) is 0 Å². The molecule has 1 atom stereocenters. The SMILES string of the molecule is C=CC[C@@H](N)c1cccnc1N. The van der Waals surface area contributed by atoms with E-state index in [2.05, 4.69) is 11.6 Å². The predicted molar refractivity (Wildman–Crippen MR) is 50.4 cm³/mol. The van der Waals surface area contributed by atoms with E-state index >= 15 is 0 Å². The Kier molecular flexibility index (Phi) is 2.82. The molecule has 1 rings (SSSR count). The highest BCUT2D eigenvalue weighted by molar-refractivity contribution is 5.40. The van der Waals surface area contributed by atoms with E-state index in [0.29, 0.717) is 5.82 Å². The van der Waals surface area contributed by atoms with Crippen LogP contribution < -0.4 is 11.5 Å². The molecule has 0 spiro atoms. The molecule has 0 aliphatic rings. The van der Waals surface area contributed by atoms with Gasteiger partial charge in [-0.1, -0.05) is 12.1 Å². The zero-order chi connectivity index (χ0) is 8.97. The number of pyridine rings is 1. The van der Waals surface area contributed by atoms with Crippen molar-refractivity contribution in [3.63, 3.8) is 0 Å². The van der Waals surface area contributed by atoms with Gasteiger partial charge in [-0.3, -0.25) is 0 Å². The summed E-state index contributed by atoms with van der Waals surface area (Å²) in [6.07, 6.45) is 4.15. The molecule has 3 nitrogen and oxygen atoms in total. The van der Waals surface area contributed by atoms with Crippen LogP contribution in [0.15, 0.2) is 31.0 Å². The minimum absolute atomic E-state index is 0.0869. The van der Waals surface area contributed by atoms with E-state index < -0.39 is 0 Å². The van der Waals surface area contributed by atoms with E-state index in [4.69, 9.17) is 11.5 Å². The first kappa shape index (κ1) is 8.74. The van der Waals surface area contributed by atoms with Crippen molar-refractivity contribution < 1.29 is 0 Å². The van der Waals surface area contributed by atoms with Gasteiger partial charge in [-0.05, 0) is 12.5 Å². The highest BCUT2D eigenvalue weighted by Crippen LogP contribution is 2.18. The van der Waals surface area contributed by atoms with E-state index in [1.807, 2.05) is 12.1 Å². The molecular formula is C9H13N3. The molecule has 4 N–H and O–H groups in total. The molecule has 0 saturated heterocycles. The molecule has 0 amide bonds. The van der Waals surface area contributed by atoms with Crippen LogP contribution in [0.3, 0.4) is 0 Å². The Morgan fingerprint density at radius 1 is 1.67 bits per heavy atom. The Morgan fingerprint density at radius 3 is 3.00 bits per heavy atom. The van der Waals surface area contributed by atoms with Crippen LogP contribution in [0.4, 0.5) is 5.82 Å². The fourth-order valence-corrected chi connectivity index (χ4v) is 1.05. The number of hydrogen-bond donors (Lipinski definition) is 2. The fraction of sp³-hybridized carbons (Fsp3) is 0.222. The zero-order valence-electron chi connectivity index (χ0n) is 6.90. The fourth-order valence-electron chi connectivity index (χ4n) is 1.05. The number of nitrogen functional groups attached to an aromatic ring is 1. The normalized spacial score (nSPS) is 12.4. The molecule has 1 heterocycles. The lowest BCUT2D eigenvalue weighted by molar-refractivity contribution is 0.741. The topological polar surface area (TPSA) is 64.9 Å². The molecule has 0 bridgehead atoms. The third-order valence-corrected chi connectivity index (χ3v) is 1.69. The number of aromatic nitrogens is 1. The van der Waals surface area contributed by atoms with Gasteiger partial charge in [-0.25, -0.2) is 4.98 Å². The lowest BCUT2D eigenvalue weighted by atomic mass is 10.1. The van der Waals surface area contributed by atoms with Crippen molar-refractivity contribution in [2.24, 2.45) is 5.73 Å². The molecule has 0 aliphatic heterocycles. The van der Waals surface area contributed by atoms with E-state index in [1.165, 1.54) is 0 Å². The third-order valence-electron chi connectivity index (χ3n) is 1.69. The average molecular weight is 163 g/mol. The van der Waals surface area contributed by atoms with Gasteiger partial charge in [0.25, 0.3) is 0 Å². The highest BCUT2D eigenvalue weighted by Gasteiger charge is 2.06. The van der Waals surface area contributed by atoms with Crippen molar-refractivity contribution in [2.45, 2.75) is 12.5 Å². The molecule has 0 aliphatic carbocycles. The highest BCUT2D eigenvalue weighted by atomic mass is 14.8. The number of nitrogens with two attached hydrogens (primary N) is 2. The molecule has 1 aromatic heterocycles. The molecule has 0 aromatic carbocycles. The van der Waals surface area contributed by atoms with Gasteiger partial charge in [-0.15, -0.1) is 6.58 Å². The third kappa shape index (κ3) is 1.83. The van der Waals surface area contributed by atoms with Crippen LogP contribution in [-0.4, -0.2) is 4.98 Å². The Morgan fingerprint density at radius 2 is 2.42 bits per heavy atom. The van der Waals surface area contributed by atoms with Gasteiger partial charge in [0, 0.05) is 17.8 Å². The van der Waals surface area contributed by atoms with Gasteiger partial charge in [0.15, 0.2) is 0 Å². The standard InChI is InChI=1S/C9H13N3/c1-2-4-8(10)7-5-3-6-12-9(7)11/h2-3,5-6,8H,1,4,10H2,(H2,11,12)/t8-/m1/s1. The van der Waals surface area contributed by atoms with Crippen LogP contribution in [0, 0.1) is 0 Å². The maximum atomic E-state index is 5.82. The Balaban J connectivity index is 2.86. The van der Waals surface area contributed by atoms with Crippen molar-refractivity contribution in [3.8, 4) is 0 Å². The summed E-state index contributed by atoms with van der Waals surface area (Å²) in [4.78, 5) is 3.95. The molecule has 3 heteroatoms. The largest absolute Gasteiger partial charge is 0.383 e. The summed E-state index contributed by atoms with van der Waals surface area (Å²) in [6, 6.07) is 3.63. The summed E-state index contributed by atoms with van der Waals surface area (Å²) in [6.45, 7) is 3.61. The van der Waals surface area contributed by atoms with Gasteiger partial charge >= 0.3 is 0 Å². The first-order valence-corrected chi connectivity index (χ1v) is 3.82. The van der Waals surface area contributed by atoms with Crippen LogP contribution in [0.2, 0.25) is 0 Å². The summed E-state index contributed by atoms with van der Waals surface area (Å²) >= 11 is 0. The first-order chi connectivity index (χ1) is 5.75. The molecule has 0 fully saturated rings. The van der Waals surface area contributed by atoms with Gasteiger partial charge < -0.3 is 11.5 Å². The Labute approximate surface area is 72.1 Å². The maximum Gasteiger partial charge on any atom is 0.128 e. The van der Waals surface area contributed by atoms with Gasteiger partial charge in [-0.2, -0.15) is 0 Å². The monoisotopic (exact) mass is 163 g/mol. The molecule has 0 saturated carbocycles. The van der Waals surface area contributed by atoms with Crippen LogP contribution in [0.1, 0.15) is 18.0 Å². The summed E-state index contributed by atoms with van der Waals surface area (Å²) in [5, 5.41) is 0. The zero-order valence-corrected chi connectivity index (χ0v) is 6.90. The van der Waals surface area contributed by atoms with Gasteiger partial charge in [0.1, 0.15) is 5.82 Å². The minimum Gasteiger partial charge on any atom is -0.383 e. The van der Waals surface area contributed by atoms with Crippen molar-refractivity contribution >= 4 is 5.82 Å². The van der Waals surface area contributed by atoms with Crippen LogP contribution in [-0.2, 0) is 0 Å². The van der Waals surface area contributed by atoms with Gasteiger partial charge in [0.05, 0.1) is 0 Å². The molecule has 0 radical (unpaired) electrons. The van der Waals surface area contributed by atoms with Crippen molar-refractivity contribution in [3.05, 3.63) is 36.5 Å². The van der Waals surface area contributed by atoms with E-state index in [1.54, 1.807) is 12.3 Å². The van der Waals surface area contributed by atoms with Crippen LogP contribution >= 0.6 is 0 Å². The second-order valence-corrected chi connectivity index (χ2v) is 2.61. The molecule has 1 aromatic rings. The molecule has 0 unspecified atom stereocenters. The first-order valence-electron chi connectivity index (χ1n) is 3.82. The van der Waals surface area contributed by atoms with Crippen LogP contribution in [0.25, 0.3) is 0 Å². The summed E-state index contributed by atoms with van der Waals surface area (Å²) in [5.41, 5.74) is 12.3. The van der Waals surface area contributed by atoms with Crippen LogP contribution in [0.5, 0.6) is 0 Å². The summed E-state index contributed by atoms with van der Waals surface area (Å²) in [5.74, 6) is 0.506. The molecule has 64 valence electrons. The van der Waals surface area contributed by atoms with E-state index in [-0.39, 0.29) is 6.04 Å². The lowest BCUT2D eigenvalue weighted by Gasteiger charge is -2.10. The summed E-state index contributed by atoms with van der Waals surface area (Å²) < 4.78 is 0. The number of hydrogen-bond acceptors (Lipinski definition) is 3. The number of rotatable bonds is 3. The van der Waals surface area contributed by atoms with Crippen molar-refractivity contribution in [1.29, 1.82) is 0 Å². The van der Waals surface area contributed by atoms with Crippen molar-refractivity contribution in [2.75, 3.05) is 5.73 Å². The number of nitrogens with zero attached hydrogens (tertiary/aromatic N) is 1. The molecule has 12 heavy (non-hydrogen) atoms. The lowest BCUT2D eigenvalue weighted by Crippen LogP contribution is -2.12. The second kappa shape index (κ2) is 3.88. The smallest absolute Gasteiger partial charge is 0.128 e. The Hall–Kier alpha value is -1.35. The van der Waals surface area contributed by atoms with E-state index in [9.17, 15) is 0 Å². The maximum absolute atomic E-state index is 5.82. The average Bonchev–Trinajstić information content (AvgIpc) is 2.05.